The molecule has 0 amide bonds. The van der Waals surface area contributed by atoms with Gasteiger partial charge in [-0.1, -0.05) is 39.5 Å². The van der Waals surface area contributed by atoms with Gasteiger partial charge in [-0.25, -0.2) is 0 Å². The van der Waals surface area contributed by atoms with Crippen LogP contribution in [0.2, 0.25) is 0 Å². The van der Waals surface area contributed by atoms with Crippen LogP contribution < -0.4 is 4.90 Å². The predicted molar refractivity (Wildman–Crippen MR) is 76.3 cm³/mol. The summed E-state index contributed by atoms with van der Waals surface area (Å²) in [4.78, 5) is 1.61. The van der Waals surface area contributed by atoms with Gasteiger partial charge in [0, 0.05) is 12.5 Å². The maximum Gasteiger partial charge on any atom is 0.112 e. The van der Waals surface area contributed by atoms with Gasteiger partial charge in [0.2, 0.25) is 0 Å². The van der Waals surface area contributed by atoms with Gasteiger partial charge in [-0.2, -0.15) is 0 Å². The maximum absolute atomic E-state index is 6.25. The normalized spacial score (nSPS) is 17.1. The first-order valence-electron chi connectivity index (χ1n) is 7.34. The number of unbranched alkanes of at least 4 members (excludes halogenated alkanes) is 5. The molecule has 1 heterocycles. The minimum Gasteiger partial charge on any atom is -0.512 e. The van der Waals surface area contributed by atoms with Gasteiger partial charge in [0.05, 0.1) is 12.7 Å². The van der Waals surface area contributed by atoms with E-state index in [1.165, 1.54) is 57.9 Å². The Kier molecular flexibility index (Phi) is 11.7. The zero-order valence-corrected chi connectivity index (χ0v) is 12.0. The van der Waals surface area contributed by atoms with Gasteiger partial charge in [-0.05, 0) is 25.3 Å². The van der Waals surface area contributed by atoms with Crippen molar-refractivity contribution in [2.24, 2.45) is 0 Å². The molecule has 1 aliphatic heterocycles. The number of hydrogen-bond donors (Lipinski definition) is 1. The van der Waals surface area contributed by atoms with Crippen molar-refractivity contribution in [3.63, 3.8) is 0 Å². The number of quaternary nitrogens is 1. The fourth-order valence-corrected chi connectivity index (χ4v) is 2.35. The third kappa shape index (κ3) is 7.29. The van der Waals surface area contributed by atoms with Crippen LogP contribution in [0.1, 0.15) is 65.2 Å². The molecule has 18 heavy (non-hydrogen) atoms. The van der Waals surface area contributed by atoms with Crippen LogP contribution in [-0.4, -0.2) is 6.54 Å². The summed E-state index contributed by atoms with van der Waals surface area (Å²) in [6.07, 6.45) is 17.8. The van der Waals surface area contributed by atoms with Crippen LogP contribution in [0.4, 0.5) is 0 Å². The van der Waals surface area contributed by atoms with Crippen molar-refractivity contribution in [1.29, 1.82) is 5.26 Å². The predicted octanol–water partition coefficient (Wildman–Crippen LogP) is 3.54. The van der Waals surface area contributed by atoms with Crippen molar-refractivity contribution in [1.82, 2.24) is 0 Å². The van der Waals surface area contributed by atoms with E-state index in [-0.39, 0.29) is 0 Å². The first kappa shape index (κ1) is 16.9. The highest BCUT2D eigenvalue weighted by Crippen LogP contribution is 2.05. The first-order valence-corrected chi connectivity index (χ1v) is 7.34. The summed E-state index contributed by atoms with van der Waals surface area (Å²) < 4.78 is 0. The standard InChI is InChI=1S/C15H27N.CN/c1-3-5-6-7-8-9-13-16-14-10-12-15(16)11-4-2;1-2/h10,12,14H,3-9,11,13H2,1-2H3;/q;-1/p+1. The van der Waals surface area contributed by atoms with E-state index in [0.717, 1.165) is 0 Å². The SMILES string of the molecule is CCCCCCCC[NH+]1C=CC=C1CCC.[C-]#N. The number of hydrogen-bond acceptors (Lipinski definition) is 1. The lowest BCUT2D eigenvalue weighted by Crippen LogP contribution is -3.04. The third-order valence-electron chi connectivity index (χ3n) is 3.33. The molecular weight excluding hydrogens is 220 g/mol. The number of nitrogens with one attached hydrogen (secondary N) is 1. The van der Waals surface area contributed by atoms with E-state index in [1.807, 2.05) is 0 Å². The van der Waals surface area contributed by atoms with Gasteiger partial charge < -0.3 is 11.8 Å². The Labute approximate surface area is 113 Å². The highest BCUT2D eigenvalue weighted by molar-refractivity contribution is 5.10. The van der Waals surface area contributed by atoms with Crippen molar-refractivity contribution in [2.45, 2.75) is 65.2 Å². The summed E-state index contributed by atoms with van der Waals surface area (Å²) in [5, 5.41) is 6.25. The van der Waals surface area contributed by atoms with Gasteiger partial charge >= 0.3 is 0 Å². The van der Waals surface area contributed by atoms with Crippen LogP contribution in [0.5, 0.6) is 0 Å². The number of allylic oxidation sites excluding steroid dienone is 3. The van der Waals surface area contributed by atoms with Gasteiger partial charge in [0.1, 0.15) is 5.70 Å². The van der Waals surface area contributed by atoms with Gasteiger partial charge in [-0.3, -0.25) is 4.90 Å². The Hall–Kier alpha value is -1.07. The monoisotopic (exact) mass is 248 g/mol. The lowest BCUT2D eigenvalue weighted by atomic mass is 10.1. The lowest BCUT2D eigenvalue weighted by molar-refractivity contribution is -0.804. The molecule has 0 saturated carbocycles. The van der Waals surface area contributed by atoms with Gasteiger partial charge in [0.15, 0.2) is 0 Å². The van der Waals surface area contributed by atoms with E-state index in [0.29, 0.717) is 0 Å². The van der Waals surface area contributed by atoms with E-state index >= 15 is 0 Å². The summed E-state index contributed by atoms with van der Waals surface area (Å²) in [5.41, 5.74) is 1.59. The quantitative estimate of drug-likeness (QED) is 0.490. The molecule has 0 aliphatic carbocycles. The average molecular weight is 248 g/mol. The molecule has 0 radical (unpaired) electrons. The molecule has 0 aromatic carbocycles. The van der Waals surface area contributed by atoms with Crippen LogP contribution in [-0.2, 0) is 0 Å². The molecule has 0 saturated heterocycles. The van der Waals surface area contributed by atoms with Crippen LogP contribution in [0.25, 0.3) is 0 Å². The van der Waals surface area contributed by atoms with Crippen molar-refractivity contribution < 1.29 is 4.90 Å². The van der Waals surface area contributed by atoms with Crippen molar-refractivity contribution >= 4 is 0 Å². The van der Waals surface area contributed by atoms with E-state index in [9.17, 15) is 0 Å². The summed E-state index contributed by atoms with van der Waals surface area (Å²) in [7, 11) is 0. The largest absolute Gasteiger partial charge is 0.512 e. The zero-order chi connectivity index (χ0) is 13.6. The maximum atomic E-state index is 6.25. The summed E-state index contributed by atoms with van der Waals surface area (Å²) in [6.45, 7) is 10.6. The van der Waals surface area contributed by atoms with E-state index in [4.69, 9.17) is 11.8 Å². The molecule has 0 fully saturated rings. The van der Waals surface area contributed by atoms with Crippen molar-refractivity contribution in [3.8, 4) is 0 Å². The molecule has 1 N–H and O–H groups in total. The van der Waals surface area contributed by atoms with Crippen molar-refractivity contribution in [3.05, 3.63) is 30.6 Å². The average Bonchev–Trinajstić information content (AvgIpc) is 2.84. The Morgan fingerprint density at radius 2 is 1.67 bits per heavy atom. The number of rotatable bonds is 9. The smallest absolute Gasteiger partial charge is 0.112 e. The van der Waals surface area contributed by atoms with Crippen LogP contribution >= 0.6 is 0 Å². The highest BCUT2D eigenvalue weighted by atomic mass is 15.1. The number of nitrogens with zero attached hydrogens (tertiary/aromatic N) is 1. The van der Waals surface area contributed by atoms with Gasteiger partial charge in [-0.15, -0.1) is 0 Å². The molecular formula is C16H28N2. The fraction of sp³-hybridized carbons (Fsp3) is 0.688. The fourth-order valence-electron chi connectivity index (χ4n) is 2.35. The van der Waals surface area contributed by atoms with Crippen LogP contribution in [0.15, 0.2) is 24.0 Å². The molecule has 0 aromatic rings. The van der Waals surface area contributed by atoms with Gasteiger partial charge in [0.25, 0.3) is 0 Å². The molecule has 102 valence electrons. The summed E-state index contributed by atoms with van der Waals surface area (Å²) >= 11 is 0. The third-order valence-corrected chi connectivity index (χ3v) is 3.33. The zero-order valence-electron chi connectivity index (χ0n) is 12.0. The molecule has 1 rings (SSSR count). The minimum atomic E-state index is 1.26. The summed E-state index contributed by atoms with van der Waals surface area (Å²) in [6, 6.07) is 0. The molecule has 0 spiro atoms. The Morgan fingerprint density at radius 3 is 2.33 bits per heavy atom. The van der Waals surface area contributed by atoms with Crippen LogP contribution in [0, 0.1) is 11.8 Å². The lowest BCUT2D eigenvalue weighted by Gasteiger charge is -2.13. The Morgan fingerprint density at radius 1 is 1.00 bits per heavy atom. The van der Waals surface area contributed by atoms with E-state index in [2.05, 4.69) is 32.2 Å². The molecule has 1 atom stereocenters. The Bertz CT molecular complexity index is 264. The first-order chi connectivity index (χ1) is 8.88. The van der Waals surface area contributed by atoms with Crippen LogP contribution in [0.3, 0.4) is 0 Å². The van der Waals surface area contributed by atoms with E-state index < -0.39 is 0 Å². The second-order valence-electron chi connectivity index (χ2n) is 4.84. The van der Waals surface area contributed by atoms with E-state index in [1.54, 1.807) is 10.6 Å². The topological polar surface area (TPSA) is 28.2 Å². The second-order valence-corrected chi connectivity index (χ2v) is 4.84. The second kappa shape index (κ2) is 12.4. The molecule has 1 unspecified atom stereocenters. The molecule has 2 nitrogen and oxygen atoms in total. The summed E-state index contributed by atoms with van der Waals surface area (Å²) in [5.74, 6) is 0. The Balaban J connectivity index is 0.00000137. The minimum absolute atomic E-state index is 1.26. The highest BCUT2D eigenvalue weighted by Gasteiger charge is 2.14. The molecule has 1 aliphatic rings. The molecule has 2 heteroatoms. The molecule has 0 aromatic heterocycles. The molecule has 0 bridgehead atoms. The van der Waals surface area contributed by atoms with Crippen molar-refractivity contribution in [2.75, 3.05) is 6.54 Å².